The SMILES string of the molecule is C=NN(C)Cc1cnc(C)s1. The fraction of sp³-hybridized carbons (Fsp3) is 0.429. The van der Waals surface area contributed by atoms with Crippen LogP contribution in [-0.4, -0.2) is 23.8 Å². The van der Waals surface area contributed by atoms with Gasteiger partial charge in [0.15, 0.2) is 0 Å². The first-order valence-corrected chi connectivity index (χ1v) is 4.13. The van der Waals surface area contributed by atoms with E-state index >= 15 is 0 Å². The van der Waals surface area contributed by atoms with Crippen LogP contribution < -0.4 is 0 Å². The van der Waals surface area contributed by atoms with E-state index in [1.807, 2.05) is 20.2 Å². The monoisotopic (exact) mass is 169 g/mol. The average molecular weight is 169 g/mol. The first-order valence-electron chi connectivity index (χ1n) is 3.31. The zero-order chi connectivity index (χ0) is 8.27. The van der Waals surface area contributed by atoms with Gasteiger partial charge >= 0.3 is 0 Å². The predicted octanol–water partition coefficient (Wildman–Crippen LogP) is 1.50. The third-order valence-corrected chi connectivity index (χ3v) is 2.19. The number of aromatic nitrogens is 1. The van der Waals surface area contributed by atoms with E-state index in [1.165, 1.54) is 4.88 Å². The van der Waals surface area contributed by atoms with Crippen molar-refractivity contribution in [2.75, 3.05) is 7.05 Å². The molecule has 1 rings (SSSR count). The van der Waals surface area contributed by atoms with Crippen molar-refractivity contribution in [3.63, 3.8) is 0 Å². The van der Waals surface area contributed by atoms with Crippen molar-refractivity contribution >= 4 is 18.1 Å². The number of thiazole rings is 1. The zero-order valence-electron chi connectivity index (χ0n) is 6.74. The van der Waals surface area contributed by atoms with Gasteiger partial charge < -0.3 is 0 Å². The van der Waals surface area contributed by atoms with Gasteiger partial charge in [-0.05, 0) is 6.92 Å². The second kappa shape index (κ2) is 3.48. The Morgan fingerprint density at radius 2 is 2.55 bits per heavy atom. The van der Waals surface area contributed by atoms with Crippen molar-refractivity contribution in [1.82, 2.24) is 9.99 Å². The van der Waals surface area contributed by atoms with E-state index in [9.17, 15) is 0 Å². The summed E-state index contributed by atoms with van der Waals surface area (Å²) < 4.78 is 0. The van der Waals surface area contributed by atoms with E-state index in [0.29, 0.717) is 0 Å². The largest absolute Gasteiger partial charge is 0.295 e. The van der Waals surface area contributed by atoms with Crippen LogP contribution in [0.3, 0.4) is 0 Å². The molecule has 0 radical (unpaired) electrons. The maximum atomic E-state index is 4.13. The Kier molecular flexibility index (Phi) is 2.59. The molecule has 3 nitrogen and oxygen atoms in total. The molecular weight excluding hydrogens is 158 g/mol. The molecule has 0 saturated heterocycles. The Balaban J connectivity index is 2.57. The molecule has 0 spiro atoms. The lowest BCUT2D eigenvalue weighted by atomic mass is 10.5. The quantitative estimate of drug-likeness (QED) is 0.506. The van der Waals surface area contributed by atoms with Crippen molar-refractivity contribution < 1.29 is 0 Å². The molecule has 0 aliphatic rings. The molecule has 0 aliphatic carbocycles. The van der Waals surface area contributed by atoms with Gasteiger partial charge in [-0.2, -0.15) is 5.10 Å². The van der Waals surface area contributed by atoms with Gasteiger partial charge in [-0.1, -0.05) is 0 Å². The summed E-state index contributed by atoms with van der Waals surface area (Å²) >= 11 is 1.69. The van der Waals surface area contributed by atoms with Crippen molar-refractivity contribution in [3.05, 3.63) is 16.1 Å². The summed E-state index contributed by atoms with van der Waals surface area (Å²) in [5, 5.41) is 6.63. The lowest BCUT2D eigenvalue weighted by Gasteiger charge is -2.08. The summed E-state index contributed by atoms with van der Waals surface area (Å²) in [6.07, 6.45) is 1.88. The smallest absolute Gasteiger partial charge is 0.0897 e. The third-order valence-electron chi connectivity index (χ3n) is 1.30. The topological polar surface area (TPSA) is 28.5 Å². The fourth-order valence-electron chi connectivity index (χ4n) is 0.754. The van der Waals surface area contributed by atoms with Crippen molar-refractivity contribution in [3.8, 4) is 0 Å². The van der Waals surface area contributed by atoms with Crippen LogP contribution in [0.1, 0.15) is 9.88 Å². The number of hydrazone groups is 1. The van der Waals surface area contributed by atoms with Crippen molar-refractivity contribution in [1.29, 1.82) is 0 Å². The molecule has 1 heterocycles. The van der Waals surface area contributed by atoms with Crippen LogP contribution >= 0.6 is 11.3 Å². The average Bonchev–Trinajstić information content (AvgIpc) is 2.35. The number of rotatable bonds is 3. The Bertz CT molecular complexity index is 244. The number of hydrogen-bond acceptors (Lipinski definition) is 4. The van der Waals surface area contributed by atoms with E-state index in [-0.39, 0.29) is 0 Å². The highest BCUT2D eigenvalue weighted by molar-refractivity contribution is 7.11. The molecule has 0 amide bonds. The first-order chi connectivity index (χ1) is 5.22. The van der Waals surface area contributed by atoms with Crippen LogP contribution in [0.5, 0.6) is 0 Å². The molecule has 11 heavy (non-hydrogen) atoms. The molecule has 60 valence electrons. The van der Waals surface area contributed by atoms with Gasteiger partial charge in [-0.25, -0.2) is 4.98 Å². The van der Waals surface area contributed by atoms with Gasteiger partial charge in [0.1, 0.15) is 0 Å². The summed E-state index contributed by atoms with van der Waals surface area (Å²) in [6.45, 7) is 6.22. The highest BCUT2D eigenvalue weighted by Gasteiger charge is 1.99. The van der Waals surface area contributed by atoms with E-state index < -0.39 is 0 Å². The molecule has 0 aliphatic heterocycles. The minimum atomic E-state index is 0.801. The van der Waals surface area contributed by atoms with Gasteiger partial charge in [0.05, 0.1) is 11.6 Å². The second-order valence-electron chi connectivity index (χ2n) is 2.30. The maximum absolute atomic E-state index is 4.13. The number of hydrogen-bond donors (Lipinski definition) is 0. The van der Waals surface area contributed by atoms with Crippen LogP contribution in [0.25, 0.3) is 0 Å². The molecule has 0 bridgehead atoms. The molecular formula is C7H11N3S. The molecule has 0 saturated carbocycles. The maximum Gasteiger partial charge on any atom is 0.0897 e. The highest BCUT2D eigenvalue weighted by atomic mass is 32.1. The van der Waals surface area contributed by atoms with E-state index in [2.05, 4.69) is 16.8 Å². The summed E-state index contributed by atoms with van der Waals surface area (Å²) in [5.74, 6) is 0. The van der Waals surface area contributed by atoms with E-state index in [0.717, 1.165) is 11.6 Å². The molecule has 0 aromatic carbocycles. The van der Waals surface area contributed by atoms with Crippen LogP contribution in [-0.2, 0) is 6.54 Å². The first kappa shape index (κ1) is 8.20. The molecule has 0 atom stereocenters. The van der Waals surface area contributed by atoms with Crippen LogP contribution in [0.2, 0.25) is 0 Å². The molecule has 0 fully saturated rings. The van der Waals surface area contributed by atoms with E-state index in [1.54, 1.807) is 16.3 Å². The second-order valence-corrected chi connectivity index (χ2v) is 3.62. The van der Waals surface area contributed by atoms with Crippen LogP contribution in [0.15, 0.2) is 11.3 Å². The van der Waals surface area contributed by atoms with Gasteiger partial charge in [0.2, 0.25) is 0 Å². The van der Waals surface area contributed by atoms with Gasteiger partial charge in [0.25, 0.3) is 0 Å². The Morgan fingerprint density at radius 3 is 3.00 bits per heavy atom. The van der Waals surface area contributed by atoms with Crippen molar-refractivity contribution in [2.45, 2.75) is 13.5 Å². The van der Waals surface area contributed by atoms with Crippen LogP contribution in [0.4, 0.5) is 0 Å². The van der Waals surface area contributed by atoms with E-state index in [4.69, 9.17) is 0 Å². The fourth-order valence-corrected chi connectivity index (χ4v) is 1.60. The summed E-state index contributed by atoms with van der Waals surface area (Å²) in [5.41, 5.74) is 0. The molecule has 0 unspecified atom stereocenters. The zero-order valence-corrected chi connectivity index (χ0v) is 7.56. The highest BCUT2D eigenvalue weighted by Crippen LogP contribution is 2.12. The minimum Gasteiger partial charge on any atom is -0.295 e. The normalized spacial score (nSPS) is 9.64. The van der Waals surface area contributed by atoms with Crippen molar-refractivity contribution in [2.24, 2.45) is 5.10 Å². The minimum absolute atomic E-state index is 0.801. The molecule has 4 heteroatoms. The number of aryl methyl sites for hydroxylation is 1. The lowest BCUT2D eigenvalue weighted by Crippen LogP contribution is -2.07. The Labute approximate surface area is 70.4 Å². The van der Waals surface area contributed by atoms with Crippen LogP contribution in [0, 0.1) is 6.92 Å². The summed E-state index contributed by atoms with van der Waals surface area (Å²) in [7, 11) is 1.89. The van der Waals surface area contributed by atoms with Gasteiger partial charge in [-0.3, -0.25) is 5.01 Å². The predicted molar refractivity (Wildman–Crippen MR) is 47.9 cm³/mol. The molecule has 1 aromatic rings. The van der Waals surface area contributed by atoms with Gasteiger partial charge in [-0.15, -0.1) is 11.3 Å². The molecule has 0 N–H and O–H groups in total. The Morgan fingerprint density at radius 1 is 1.82 bits per heavy atom. The lowest BCUT2D eigenvalue weighted by molar-refractivity contribution is 0.353. The van der Waals surface area contributed by atoms with Gasteiger partial charge in [0, 0.05) is 24.8 Å². The summed E-state index contributed by atoms with van der Waals surface area (Å²) in [6, 6.07) is 0. The summed E-state index contributed by atoms with van der Waals surface area (Å²) in [4.78, 5) is 5.35. The Hall–Kier alpha value is -0.900. The number of nitrogens with zero attached hydrogens (tertiary/aromatic N) is 3. The standard InChI is InChI=1S/C7H11N3S/c1-6-9-4-7(11-6)5-10(3)8-2/h4H,2,5H2,1,3H3. The molecule has 1 aromatic heterocycles. The third kappa shape index (κ3) is 2.31.